The molecule has 1 amide bonds. The van der Waals surface area contributed by atoms with E-state index in [-0.39, 0.29) is 11.8 Å². The maximum Gasteiger partial charge on any atom is 0.410 e. The topological polar surface area (TPSA) is 68.7 Å². The molecular formula is C18H24N2O4. The van der Waals surface area contributed by atoms with Gasteiger partial charge in [-0.1, -0.05) is 6.07 Å². The highest BCUT2D eigenvalue weighted by atomic mass is 16.6. The first-order chi connectivity index (χ1) is 11.2. The minimum absolute atomic E-state index is 0.283. The van der Waals surface area contributed by atoms with Crippen molar-refractivity contribution >= 4 is 17.6 Å². The van der Waals surface area contributed by atoms with E-state index < -0.39 is 11.6 Å². The van der Waals surface area contributed by atoms with Gasteiger partial charge >= 0.3 is 12.1 Å². The first-order valence-corrected chi connectivity index (χ1v) is 7.92. The number of pyridine rings is 1. The van der Waals surface area contributed by atoms with Crippen LogP contribution in [0.25, 0.3) is 5.57 Å². The summed E-state index contributed by atoms with van der Waals surface area (Å²) in [6, 6.07) is 3.52. The van der Waals surface area contributed by atoms with Crippen LogP contribution in [0.1, 0.15) is 50.2 Å². The van der Waals surface area contributed by atoms with Crippen molar-refractivity contribution in [2.24, 2.45) is 0 Å². The average Bonchev–Trinajstić information content (AvgIpc) is 2.52. The van der Waals surface area contributed by atoms with Gasteiger partial charge in [0.05, 0.1) is 7.11 Å². The van der Waals surface area contributed by atoms with Crippen molar-refractivity contribution in [2.45, 2.75) is 39.7 Å². The normalized spacial score (nSPS) is 15.3. The Hall–Kier alpha value is -2.37. The van der Waals surface area contributed by atoms with E-state index in [4.69, 9.17) is 4.74 Å². The number of methoxy groups -OCH3 is 1. The third-order valence-corrected chi connectivity index (χ3v) is 3.73. The van der Waals surface area contributed by atoms with Crippen molar-refractivity contribution in [3.63, 3.8) is 0 Å². The second-order valence-corrected chi connectivity index (χ2v) is 6.83. The van der Waals surface area contributed by atoms with E-state index in [0.717, 1.165) is 23.1 Å². The van der Waals surface area contributed by atoms with Crippen LogP contribution in [-0.4, -0.2) is 47.7 Å². The van der Waals surface area contributed by atoms with E-state index in [9.17, 15) is 9.59 Å². The first-order valence-electron chi connectivity index (χ1n) is 7.92. The molecule has 24 heavy (non-hydrogen) atoms. The minimum Gasteiger partial charge on any atom is -0.464 e. The molecule has 0 aliphatic carbocycles. The zero-order valence-corrected chi connectivity index (χ0v) is 14.9. The maximum atomic E-state index is 12.2. The van der Waals surface area contributed by atoms with Gasteiger partial charge in [0.2, 0.25) is 0 Å². The third kappa shape index (κ3) is 4.34. The van der Waals surface area contributed by atoms with E-state index >= 15 is 0 Å². The van der Waals surface area contributed by atoms with Gasteiger partial charge in [-0.15, -0.1) is 0 Å². The van der Waals surface area contributed by atoms with Crippen molar-refractivity contribution in [1.29, 1.82) is 0 Å². The smallest absolute Gasteiger partial charge is 0.410 e. The highest BCUT2D eigenvalue weighted by Gasteiger charge is 2.26. The molecule has 1 aliphatic rings. The molecule has 0 spiro atoms. The Labute approximate surface area is 142 Å². The third-order valence-electron chi connectivity index (χ3n) is 3.73. The number of carbonyl (C=O) groups is 2. The SMILES string of the molecule is COC(=O)c1ccc(C2=C(C)CN(C(=O)OC(C)(C)C)CC2)cn1. The predicted octanol–water partition coefficient (Wildman–Crippen LogP) is 3.28. The number of nitrogens with zero attached hydrogens (tertiary/aromatic N) is 2. The molecule has 0 bridgehead atoms. The van der Waals surface area contributed by atoms with Gasteiger partial charge in [-0.3, -0.25) is 0 Å². The molecule has 1 aromatic rings. The van der Waals surface area contributed by atoms with Crippen LogP contribution in [0.15, 0.2) is 23.9 Å². The Morgan fingerprint density at radius 3 is 2.46 bits per heavy atom. The lowest BCUT2D eigenvalue weighted by Crippen LogP contribution is -2.40. The fourth-order valence-electron chi connectivity index (χ4n) is 2.59. The van der Waals surface area contributed by atoms with Gasteiger partial charge in [0, 0.05) is 19.3 Å². The van der Waals surface area contributed by atoms with E-state index in [0.29, 0.717) is 13.1 Å². The summed E-state index contributed by atoms with van der Waals surface area (Å²) in [6.07, 6.45) is 2.11. The van der Waals surface area contributed by atoms with Crippen LogP contribution >= 0.6 is 0 Å². The van der Waals surface area contributed by atoms with Gasteiger partial charge in [0.15, 0.2) is 0 Å². The number of aromatic nitrogens is 1. The summed E-state index contributed by atoms with van der Waals surface area (Å²) < 4.78 is 10.1. The standard InChI is InChI=1S/C18H24N2O4/c1-12-11-20(17(22)24-18(2,3)4)9-8-14(12)13-6-7-15(19-10-13)16(21)23-5/h6-7,10H,8-9,11H2,1-5H3. The fraction of sp³-hybridized carbons (Fsp3) is 0.500. The summed E-state index contributed by atoms with van der Waals surface area (Å²) in [5, 5.41) is 0. The zero-order valence-electron chi connectivity index (χ0n) is 14.9. The number of ether oxygens (including phenoxy) is 2. The van der Waals surface area contributed by atoms with E-state index in [1.807, 2.05) is 33.8 Å². The number of rotatable bonds is 2. The monoisotopic (exact) mass is 332 g/mol. The summed E-state index contributed by atoms with van der Waals surface area (Å²) in [4.78, 5) is 29.5. The lowest BCUT2D eigenvalue weighted by Gasteiger charge is -2.32. The predicted molar refractivity (Wildman–Crippen MR) is 90.6 cm³/mol. The molecule has 0 radical (unpaired) electrons. The molecule has 130 valence electrons. The van der Waals surface area contributed by atoms with Crippen LogP contribution in [0.4, 0.5) is 4.79 Å². The Kier molecular flexibility index (Phi) is 5.26. The molecule has 1 aliphatic heterocycles. The molecule has 1 aromatic heterocycles. The van der Waals surface area contributed by atoms with Gasteiger partial charge in [-0.05, 0) is 56.9 Å². The van der Waals surface area contributed by atoms with Crippen LogP contribution in [0.3, 0.4) is 0 Å². The number of hydrogen-bond donors (Lipinski definition) is 0. The molecule has 2 heterocycles. The molecule has 0 unspecified atom stereocenters. The van der Waals surface area contributed by atoms with E-state index in [2.05, 4.69) is 9.72 Å². The van der Waals surface area contributed by atoms with E-state index in [1.165, 1.54) is 7.11 Å². The van der Waals surface area contributed by atoms with Crippen LogP contribution in [0.5, 0.6) is 0 Å². The Morgan fingerprint density at radius 2 is 1.96 bits per heavy atom. The molecule has 0 saturated carbocycles. The summed E-state index contributed by atoms with van der Waals surface area (Å²) >= 11 is 0. The summed E-state index contributed by atoms with van der Waals surface area (Å²) in [5.74, 6) is -0.452. The Balaban J connectivity index is 2.11. The van der Waals surface area contributed by atoms with Crippen molar-refractivity contribution in [1.82, 2.24) is 9.88 Å². The second-order valence-electron chi connectivity index (χ2n) is 6.83. The lowest BCUT2D eigenvalue weighted by molar-refractivity contribution is 0.0264. The van der Waals surface area contributed by atoms with Gasteiger partial charge in [0.1, 0.15) is 11.3 Å². The first kappa shape index (κ1) is 18.0. The van der Waals surface area contributed by atoms with Crippen LogP contribution in [0.2, 0.25) is 0 Å². The lowest BCUT2D eigenvalue weighted by atomic mass is 9.95. The van der Waals surface area contributed by atoms with E-state index in [1.54, 1.807) is 17.2 Å². The van der Waals surface area contributed by atoms with Crippen LogP contribution in [0, 0.1) is 0 Å². The number of hydrogen-bond acceptors (Lipinski definition) is 5. The van der Waals surface area contributed by atoms with Gasteiger partial charge in [-0.2, -0.15) is 0 Å². The highest BCUT2D eigenvalue weighted by Crippen LogP contribution is 2.27. The molecule has 6 nitrogen and oxygen atoms in total. The molecular weight excluding hydrogens is 308 g/mol. The minimum atomic E-state index is -0.497. The average molecular weight is 332 g/mol. The van der Waals surface area contributed by atoms with Crippen molar-refractivity contribution in [3.05, 3.63) is 35.2 Å². The quantitative estimate of drug-likeness (QED) is 0.777. The molecule has 2 rings (SSSR count). The van der Waals surface area contributed by atoms with Gasteiger partial charge in [0.25, 0.3) is 0 Å². The number of esters is 1. The highest BCUT2D eigenvalue weighted by molar-refractivity contribution is 5.87. The molecule has 0 saturated heterocycles. The summed E-state index contributed by atoms with van der Waals surface area (Å²) in [7, 11) is 1.33. The van der Waals surface area contributed by atoms with Gasteiger partial charge in [-0.25, -0.2) is 14.6 Å². The van der Waals surface area contributed by atoms with Gasteiger partial charge < -0.3 is 14.4 Å². The molecule has 0 aromatic carbocycles. The van der Waals surface area contributed by atoms with Crippen molar-refractivity contribution in [2.75, 3.05) is 20.2 Å². The fourth-order valence-corrected chi connectivity index (χ4v) is 2.59. The number of amides is 1. The largest absolute Gasteiger partial charge is 0.464 e. The number of carbonyl (C=O) groups excluding carboxylic acids is 2. The maximum absolute atomic E-state index is 12.2. The molecule has 0 fully saturated rings. The zero-order chi connectivity index (χ0) is 17.9. The van der Waals surface area contributed by atoms with Crippen molar-refractivity contribution < 1.29 is 19.1 Å². The summed E-state index contributed by atoms with van der Waals surface area (Å²) in [6.45, 7) is 8.70. The summed E-state index contributed by atoms with van der Waals surface area (Å²) in [5.41, 5.74) is 3.00. The van der Waals surface area contributed by atoms with Crippen molar-refractivity contribution in [3.8, 4) is 0 Å². The van der Waals surface area contributed by atoms with Crippen LogP contribution in [-0.2, 0) is 9.47 Å². The Morgan fingerprint density at radius 1 is 1.25 bits per heavy atom. The molecule has 0 N–H and O–H groups in total. The molecule has 6 heteroatoms. The molecule has 0 atom stereocenters. The Bertz CT molecular complexity index is 657. The second kappa shape index (κ2) is 7.03. The van der Waals surface area contributed by atoms with Crippen LogP contribution < -0.4 is 0 Å².